The van der Waals surface area contributed by atoms with Crippen LogP contribution < -0.4 is 5.32 Å². The fourth-order valence-corrected chi connectivity index (χ4v) is 4.15. The summed E-state index contributed by atoms with van der Waals surface area (Å²) in [4.78, 5) is 14.6. The van der Waals surface area contributed by atoms with E-state index in [1.54, 1.807) is 0 Å². The fourth-order valence-electron chi connectivity index (χ4n) is 4.15. The molecule has 1 amide bonds. The molecule has 0 aromatic heterocycles. The molecule has 4 atom stereocenters. The molecule has 0 aromatic carbocycles. The number of likely N-dealkylation sites (tertiary alicyclic amines) is 1. The van der Waals surface area contributed by atoms with Gasteiger partial charge in [-0.25, -0.2) is 0 Å². The van der Waals surface area contributed by atoms with Crippen LogP contribution in [0.2, 0.25) is 0 Å². The van der Waals surface area contributed by atoms with E-state index in [1.165, 1.54) is 32.1 Å². The van der Waals surface area contributed by atoms with Crippen molar-refractivity contribution in [3.63, 3.8) is 0 Å². The molecule has 0 radical (unpaired) electrons. The molecule has 2 bridgehead atoms. The predicted octanol–water partition coefficient (Wildman–Crippen LogP) is 2.44. The Balaban J connectivity index is 0.00000133. The van der Waals surface area contributed by atoms with Crippen LogP contribution in [0.5, 0.6) is 0 Å². The van der Waals surface area contributed by atoms with E-state index in [0.29, 0.717) is 23.8 Å². The van der Waals surface area contributed by atoms with Gasteiger partial charge in [0.25, 0.3) is 0 Å². The van der Waals surface area contributed by atoms with Crippen molar-refractivity contribution in [1.82, 2.24) is 10.2 Å². The molecule has 0 spiro atoms. The van der Waals surface area contributed by atoms with E-state index in [-0.39, 0.29) is 12.4 Å². The molecular weight excluding hydrogens is 260 g/mol. The van der Waals surface area contributed by atoms with Crippen molar-refractivity contribution < 1.29 is 4.79 Å². The van der Waals surface area contributed by atoms with E-state index in [2.05, 4.69) is 17.1 Å². The normalized spacial score (nSPS) is 35.0. The lowest BCUT2D eigenvalue weighted by Crippen LogP contribution is -2.40. The smallest absolute Gasteiger partial charge is 0.223 e. The molecular formula is C15H27ClN2O. The standard InChI is InChI=1S/C15H26N2O.ClH/c1-11(13-3-2-6-16-9-13)7-15(18)17-10-12-4-5-14(17)8-12;/h11-14,16H,2-10H2,1H3;1H. The number of rotatable bonds is 3. The minimum absolute atomic E-state index is 0. The Morgan fingerprint density at radius 2 is 2.21 bits per heavy atom. The molecule has 3 fully saturated rings. The van der Waals surface area contributed by atoms with Crippen molar-refractivity contribution in [3.05, 3.63) is 0 Å². The van der Waals surface area contributed by atoms with Gasteiger partial charge in [0, 0.05) is 19.0 Å². The van der Waals surface area contributed by atoms with Gasteiger partial charge in [-0.3, -0.25) is 4.79 Å². The number of halogens is 1. The summed E-state index contributed by atoms with van der Waals surface area (Å²) in [6, 6.07) is 0.596. The molecule has 2 saturated heterocycles. The Labute approximate surface area is 122 Å². The van der Waals surface area contributed by atoms with Gasteiger partial charge in [0.05, 0.1) is 0 Å². The molecule has 3 rings (SSSR count). The summed E-state index contributed by atoms with van der Waals surface area (Å²) in [6.45, 7) is 5.59. The minimum Gasteiger partial charge on any atom is -0.339 e. The SMILES string of the molecule is CC(CC(=O)N1CC2CCC1C2)C1CCCNC1.Cl. The van der Waals surface area contributed by atoms with Crippen LogP contribution in [0.4, 0.5) is 0 Å². The third kappa shape index (κ3) is 3.25. The van der Waals surface area contributed by atoms with Gasteiger partial charge >= 0.3 is 0 Å². The quantitative estimate of drug-likeness (QED) is 0.864. The second-order valence-corrected chi connectivity index (χ2v) is 6.67. The summed E-state index contributed by atoms with van der Waals surface area (Å²) < 4.78 is 0. The minimum atomic E-state index is 0. The molecule has 4 heteroatoms. The zero-order chi connectivity index (χ0) is 12.5. The van der Waals surface area contributed by atoms with Crippen LogP contribution in [-0.4, -0.2) is 36.5 Å². The van der Waals surface area contributed by atoms with Crippen molar-refractivity contribution in [3.8, 4) is 0 Å². The van der Waals surface area contributed by atoms with E-state index in [9.17, 15) is 4.79 Å². The topological polar surface area (TPSA) is 32.3 Å². The maximum atomic E-state index is 12.4. The van der Waals surface area contributed by atoms with E-state index < -0.39 is 0 Å². The van der Waals surface area contributed by atoms with Crippen LogP contribution >= 0.6 is 12.4 Å². The first-order valence-corrected chi connectivity index (χ1v) is 7.74. The van der Waals surface area contributed by atoms with E-state index in [0.717, 1.165) is 32.0 Å². The summed E-state index contributed by atoms with van der Waals surface area (Å²) in [5, 5.41) is 3.46. The van der Waals surface area contributed by atoms with Gasteiger partial charge in [0.2, 0.25) is 5.91 Å². The maximum absolute atomic E-state index is 12.4. The Hall–Kier alpha value is -0.280. The van der Waals surface area contributed by atoms with Crippen molar-refractivity contribution in [2.45, 2.75) is 51.5 Å². The zero-order valence-corrected chi connectivity index (χ0v) is 12.8. The molecule has 0 aromatic rings. The highest BCUT2D eigenvalue weighted by Crippen LogP contribution is 2.38. The lowest BCUT2D eigenvalue weighted by atomic mass is 9.85. The molecule has 1 saturated carbocycles. The predicted molar refractivity (Wildman–Crippen MR) is 79.5 cm³/mol. The van der Waals surface area contributed by atoms with Gasteiger partial charge in [0.15, 0.2) is 0 Å². The summed E-state index contributed by atoms with van der Waals surface area (Å²) in [6.07, 6.45) is 7.25. The highest BCUT2D eigenvalue weighted by Gasteiger charge is 2.40. The van der Waals surface area contributed by atoms with Gasteiger partial charge in [-0.15, -0.1) is 12.4 Å². The van der Waals surface area contributed by atoms with Crippen molar-refractivity contribution in [1.29, 1.82) is 0 Å². The molecule has 110 valence electrons. The van der Waals surface area contributed by atoms with Crippen LogP contribution in [0.1, 0.15) is 45.4 Å². The average Bonchev–Trinajstić information content (AvgIpc) is 3.02. The third-order valence-corrected chi connectivity index (χ3v) is 5.37. The summed E-state index contributed by atoms with van der Waals surface area (Å²) >= 11 is 0. The van der Waals surface area contributed by atoms with Gasteiger partial charge in [-0.05, 0) is 62.9 Å². The number of nitrogens with zero attached hydrogens (tertiary/aromatic N) is 1. The van der Waals surface area contributed by atoms with Crippen molar-refractivity contribution in [2.75, 3.05) is 19.6 Å². The summed E-state index contributed by atoms with van der Waals surface area (Å²) in [5.41, 5.74) is 0. The number of amides is 1. The Bertz CT molecular complexity index is 317. The number of carbonyl (C=O) groups is 1. The fraction of sp³-hybridized carbons (Fsp3) is 0.933. The Kier molecular flexibility index (Phi) is 5.13. The maximum Gasteiger partial charge on any atom is 0.223 e. The van der Waals surface area contributed by atoms with Gasteiger partial charge in [-0.1, -0.05) is 6.92 Å². The first kappa shape index (κ1) is 15.1. The Morgan fingerprint density at radius 3 is 2.79 bits per heavy atom. The molecule has 3 nitrogen and oxygen atoms in total. The first-order chi connectivity index (χ1) is 8.74. The molecule has 2 aliphatic heterocycles. The van der Waals surface area contributed by atoms with Crippen LogP contribution in [0.25, 0.3) is 0 Å². The van der Waals surface area contributed by atoms with Crippen molar-refractivity contribution in [2.24, 2.45) is 17.8 Å². The number of piperidine rings is 2. The largest absolute Gasteiger partial charge is 0.339 e. The van der Waals surface area contributed by atoms with Crippen LogP contribution in [0.15, 0.2) is 0 Å². The van der Waals surface area contributed by atoms with Gasteiger partial charge < -0.3 is 10.2 Å². The van der Waals surface area contributed by atoms with E-state index >= 15 is 0 Å². The summed E-state index contributed by atoms with van der Waals surface area (Å²) in [5.74, 6) is 2.51. The van der Waals surface area contributed by atoms with Crippen LogP contribution in [0.3, 0.4) is 0 Å². The molecule has 2 heterocycles. The van der Waals surface area contributed by atoms with E-state index in [4.69, 9.17) is 0 Å². The molecule has 19 heavy (non-hydrogen) atoms. The average molecular weight is 287 g/mol. The lowest BCUT2D eigenvalue weighted by Gasteiger charge is -2.32. The first-order valence-electron chi connectivity index (χ1n) is 7.74. The molecule has 1 aliphatic carbocycles. The van der Waals surface area contributed by atoms with Crippen molar-refractivity contribution >= 4 is 18.3 Å². The number of hydrogen-bond donors (Lipinski definition) is 1. The van der Waals surface area contributed by atoms with E-state index in [1.807, 2.05) is 0 Å². The highest BCUT2D eigenvalue weighted by atomic mass is 35.5. The number of hydrogen-bond acceptors (Lipinski definition) is 2. The lowest BCUT2D eigenvalue weighted by molar-refractivity contribution is -0.134. The molecule has 3 aliphatic rings. The highest BCUT2D eigenvalue weighted by molar-refractivity contribution is 5.85. The number of carbonyl (C=O) groups excluding carboxylic acids is 1. The Morgan fingerprint density at radius 1 is 1.37 bits per heavy atom. The zero-order valence-electron chi connectivity index (χ0n) is 11.9. The van der Waals surface area contributed by atoms with Gasteiger partial charge in [0.1, 0.15) is 0 Å². The number of fused-ring (bicyclic) bond motifs is 2. The second-order valence-electron chi connectivity index (χ2n) is 6.67. The van der Waals surface area contributed by atoms with Crippen LogP contribution in [0, 0.1) is 17.8 Å². The monoisotopic (exact) mass is 286 g/mol. The molecule has 1 N–H and O–H groups in total. The van der Waals surface area contributed by atoms with Crippen LogP contribution in [-0.2, 0) is 4.79 Å². The number of nitrogens with one attached hydrogen (secondary N) is 1. The summed E-state index contributed by atoms with van der Waals surface area (Å²) in [7, 11) is 0. The third-order valence-electron chi connectivity index (χ3n) is 5.37. The second kappa shape index (κ2) is 6.45. The molecule has 4 unspecified atom stereocenters. The van der Waals surface area contributed by atoms with Gasteiger partial charge in [-0.2, -0.15) is 0 Å².